The summed E-state index contributed by atoms with van der Waals surface area (Å²) in [5, 5.41) is 11.6. The van der Waals surface area contributed by atoms with Gasteiger partial charge >= 0.3 is 0 Å². The molecular weight excluding hydrogens is 399 g/mol. The number of carbonyl (C=O) groups excluding carboxylic acids is 1. The Morgan fingerprint density at radius 2 is 1.50 bits per heavy atom. The molecule has 1 aromatic heterocycles. The fourth-order valence-corrected chi connectivity index (χ4v) is 3.44. The Bertz CT molecular complexity index is 1160. The van der Waals surface area contributed by atoms with Crippen LogP contribution in [0.2, 0.25) is 0 Å². The van der Waals surface area contributed by atoms with Crippen LogP contribution in [0, 0.1) is 5.82 Å². The molecule has 0 spiro atoms. The van der Waals surface area contributed by atoms with Crippen molar-refractivity contribution < 1.29 is 9.18 Å². The third kappa shape index (κ3) is 4.87. The van der Waals surface area contributed by atoms with Crippen LogP contribution in [-0.4, -0.2) is 26.8 Å². The average Bonchev–Trinajstić information content (AvgIpc) is 2.79. The summed E-state index contributed by atoms with van der Waals surface area (Å²) in [6, 6.07) is 25.2. The zero-order valence-corrected chi connectivity index (χ0v) is 16.6. The first-order valence-electron chi connectivity index (χ1n) is 9.23. The van der Waals surface area contributed by atoms with Crippen LogP contribution in [0.4, 0.5) is 10.1 Å². The van der Waals surface area contributed by atoms with Gasteiger partial charge in [-0.2, -0.15) is 0 Å². The standard InChI is InChI=1S/C23H17FN4OS/c24-18-12-7-13-19(14-18)25-20(29)15-30-23-26-21(16-8-3-1-4-9-16)22(27-28-23)17-10-5-2-6-11-17/h1-14H,15H2,(H,25,29). The molecular formula is C23H17FN4OS. The van der Waals surface area contributed by atoms with Gasteiger partial charge in [0.2, 0.25) is 11.1 Å². The smallest absolute Gasteiger partial charge is 0.234 e. The Kier molecular flexibility index (Phi) is 6.10. The number of nitrogens with one attached hydrogen (secondary N) is 1. The number of hydrogen-bond donors (Lipinski definition) is 1. The monoisotopic (exact) mass is 416 g/mol. The van der Waals surface area contributed by atoms with Gasteiger partial charge in [-0.1, -0.05) is 78.5 Å². The van der Waals surface area contributed by atoms with Crippen LogP contribution in [0.25, 0.3) is 22.5 Å². The van der Waals surface area contributed by atoms with Gasteiger partial charge in [-0.3, -0.25) is 4.79 Å². The lowest BCUT2D eigenvalue weighted by Crippen LogP contribution is -2.14. The zero-order valence-electron chi connectivity index (χ0n) is 15.8. The molecule has 0 radical (unpaired) electrons. The summed E-state index contributed by atoms with van der Waals surface area (Å²) in [6.45, 7) is 0. The highest BCUT2D eigenvalue weighted by atomic mass is 32.2. The van der Waals surface area contributed by atoms with E-state index in [0.29, 0.717) is 22.2 Å². The first-order valence-corrected chi connectivity index (χ1v) is 10.2. The van der Waals surface area contributed by atoms with E-state index in [1.165, 1.54) is 23.9 Å². The van der Waals surface area contributed by atoms with Crippen molar-refractivity contribution in [3.05, 3.63) is 90.7 Å². The van der Waals surface area contributed by atoms with Crippen LogP contribution in [0.15, 0.2) is 90.1 Å². The lowest BCUT2D eigenvalue weighted by molar-refractivity contribution is -0.113. The van der Waals surface area contributed by atoms with Crippen molar-refractivity contribution in [1.29, 1.82) is 0 Å². The van der Waals surface area contributed by atoms with Gasteiger partial charge in [0.15, 0.2) is 0 Å². The maximum Gasteiger partial charge on any atom is 0.234 e. The average molecular weight is 416 g/mol. The molecule has 0 saturated heterocycles. The quantitative estimate of drug-likeness (QED) is 0.444. The Balaban J connectivity index is 1.55. The number of amides is 1. The minimum Gasteiger partial charge on any atom is -0.325 e. The molecule has 0 aliphatic carbocycles. The van der Waals surface area contributed by atoms with Crippen molar-refractivity contribution in [2.45, 2.75) is 5.16 Å². The predicted molar refractivity (Wildman–Crippen MR) is 116 cm³/mol. The van der Waals surface area contributed by atoms with Gasteiger partial charge in [-0.15, -0.1) is 10.2 Å². The van der Waals surface area contributed by atoms with Crippen LogP contribution in [0.5, 0.6) is 0 Å². The maximum atomic E-state index is 13.3. The van der Waals surface area contributed by atoms with Crippen molar-refractivity contribution in [2.24, 2.45) is 0 Å². The maximum absolute atomic E-state index is 13.3. The summed E-state index contributed by atoms with van der Waals surface area (Å²) in [6.07, 6.45) is 0. The van der Waals surface area contributed by atoms with E-state index in [4.69, 9.17) is 0 Å². The second-order valence-electron chi connectivity index (χ2n) is 6.37. The normalized spacial score (nSPS) is 10.6. The van der Waals surface area contributed by atoms with Gasteiger partial charge in [0, 0.05) is 16.8 Å². The summed E-state index contributed by atoms with van der Waals surface area (Å²) in [7, 11) is 0. The molecule has 1 heterocycles. The predicted octanol–water partition coefficient (Wildman–Crippen LogP) is 5.08. The minimum absolute atomic E-state index is 0.0805. The summed E-state index contributed by atoms with van der Waals surface area (Å²) in [5.41, 5.74) is 3.61. The van der Waals surface area contributed by atoms with Crippen LogP contribution >= 0.6 is 11.8 Å². The number of benzene rings is 3. The molecule has 0 aliphatic rings. The number of hydrogen-bond acceptors (Lipinski definition) is 5. The van der Waals surface area contributed by atoms with E-state index in [-0.39, 0.29) is 11.7 Å². The van der Waals surface area contributed by atoms with E-state index in [0.717, 1.165) is 11.1 Å². The molecule has 4 aromatic rings. The number of nitrogens with zero attached hydrogens (tertiary/aromatic N) is 3. The van der Waals surface area contributed by atoms with Gasteiger partial charge in [-0.05, 0) is 18.2 Å². The Morgan fingerprint density at radius 1 is 0.833 bits per heavy atom. The second-order valence-corrected chi connectivity index (χ2v) is 7.31. The summed E-state index contributed by atoms with van der Waals surface area (Å²) in [4.78, 5) is 16.9. The highest BCUT2D eigenvalue weighted by molar-refractivity contribution is 7.99. The van der Waals surface area contributed by atoms with Gasteiger partial charge in [0.1, 0.15) is 17.2 Å². The summed E-state index contributed by atoms with van der Waals surface area (Å²) < 4.78 is 13.3. The Labute approximate surface area is 177 Å². The number of anilines is 1. The summed E-state index contributed by atoms with van der Waals surface area (Å²) in [5.74, 6) is -0.600. The van der Waals surface area contributed by atoms with E-state index < -0.39 is 5.82 Å². The van der Waals surface area contributed by atoms with Gasteiger partial charge in [-0.25, -0.2) is 9.37 Å². The van der Waals surface area contributed by atoms with Gasteiger partial charge in [0.05, 0.1) is 5.75 Å². The van der Waals surface area contributed by atoms with E-state index in [2.05, 4.69) is 20.5 Å². The molecule has 0 atom stereocenters. The molecule has 7 heteroatoms. The number of rotatable bonds is 6. The first kappa shape index (κ1) is 19.7. The van der Waals surface area contributed by atoms with Crippen molar-refractivity contribution in [1.82, 2.24) is 15.2 Å². The molecule has 30 heavy (non-hydrogen) atoms. The number of halogens is 1. The van der Waals surface area contributed by atoms with Crippen molar-refractivity contribution in [3.8, 4) is 22.5 Å². The first-order chi connectivity index (χ1) is 14.7. The lowest BCUT2D eigenvalue weighted by Gasteiger charge is -2.09. The van der Waals surface area contributed by atoms with Gasteiger partial charge in [0.25, 0.3) is 0 Å². The molecule has 1 amide bonds. The molecule has 1 N–H and O–H groups in total. The fraction of sp³-hybridized carbons (Fsp3) is 0.0435. The molecule has 0 saturated carbocycles. The van der Waals surface area contributed by atoms with Crippen LogP contribution in [0.3, 0.4) is 0 Å². The Morgan fingerprint density at radius 3 is 2.17 bits per heavy atom. The van der Waals surface area contributed by atoms with E-state index in [1.54, 1.807) is 12.1 Å². The highest BCUT2D eigenvalue weighted by Gasteiger charge is 2.14. The molecule has 0 fully saturated rings. The number of carbonyl (C=O) groups is 1. The van der Waals surface area contributed by atoms with Crippen LogP contribution in [-0.2, 0) is 4.79 Å². The van der Waals surface area contributed by atoms with E-state index in [9.17, 15) is 9.18 Å². The molecule has 0 aliphatic heterocycles. The second kappa shape index (κ2) is 9.28. The molecule has 3 aromatic carbocycles. The third-order valence-corrected chi connectivity index (χ3v) is 5.04. The lowest BCUT2D eigenvalue weighted by atomic mass is 10.0. The van der Waals surface area contributed by atoms with Crippen molar-refractivity contribution in [3.63, 3.8) is 0 Å². The topological polar surface area (TPSA) is 67.8 Å². The summed E-state index contributed by atoms with van der Waals surface area (Å²) >= 11 is 1.17. The Hall–Kier alpha value is -3.58. The molecule has 0 unspecified atom stereocenters. The molecule has 0 bridgehead atoms. The van der Waals surface area contributed by atoms with Crippen molar-refractivity contribution in [2.75, 3.05) is 11.1 Å². The van der Waals surface area contributed by atoms with Crippen LogP contribution in [0.1, 0.15) is 0 Å². The van der Waals surface area contributed by atoms with E-state index >= 15 is 0 Å². The molecule has 4 rings (SSSR count). The highest BCUT2D eigenvalue weighted by Crippen LogP contribution is 2.29. The number of aromatic nitrogens is 3. The molecule has 148 valence electrons. The van der Waals surface area contributed by atoms with Gasteiger partial charge < -0.3 is 5.32 Å². The number of thioether (sulfide) groups is 1. The zero-order chi connectivity index (χ0) is 20.8. The SMILES string of the molecule is O=C(CSc1nnc(-c2ccccc2)c(-c2ccccc2)n1)Nc1cccc(F)c1. The van der Waals surface area contributed by atoms with E-state index in [1.807, 2.05) is 60.7 Å². The third-order valence-electron chi connectivity index (χ3n) is 4.20. The minimum atomic E-state index is -0.406. The fourth-order valence-electron chi connectivity index (χ4n) is 2.85. The largest absolute Gasteiger partial charge is 0.325 e. The van der Waals surface area contributed by atoms with Crippen molar-refractivity contribution >= 4 is 23.4 Å². The molecule has 5 nitrogen and oxygen atoms in total. The van der Waals surface area contributed by atoms with Crippen LogP contribution < -0.4 is 5.32 Å².